The molecule has 0 aliphatic carbocycles. The number of halogens is 1. The van der Waals surface area contributed by atoms with E-state index in [-0.39, 0.29) is 12.1 Å². The second-order valence-corrected chi connectivity index (χ2v) is 5.29. The summed E-state index contributed by atoms with van der Waals surface area (Å²) in [5, 5.41) is 0.608. The van der Waals surface area contributed by atoms with E-state index >= 15 is 0 Å². The summed E-state index contributed by atoms with van der Waals surface area (Å²) in [5.74, 6) is 1.64. The molecule has 0 saturated heterocycles. The summed E-state index contributed by atoms with van der Waals surface area (Å²) in [6.45, 7) is 0. The lowest BCUT2D eigenvalue weighted by atomic mass is 9.98. The van der Waals surface area contributed by atoms with Gasteiger partial charge in [0.2, 0.25) is 0 Å². The summed E-state index contributed by atoms with van der Waals surface area (Å²) in [5.41, 5.74) is 8.39. The molecule has 0 aromatic heterocycles. The van der Waals surface area contributed by atoms with Crippen LogP contribution < -0.4 is 15.2 Å². The molecule has 2 N–H and O–H groups in total. The summed E-state index contributed by atoms with van der Waals surface area (Å²) in [6.07, 6.45) is 0.720. The lowest BCUT2D eigenvalue weighted by molar-refractivity contribution is 0.200. The van der Waals surface area contributed by atoms with E-state index in [4.69, 9.17) is 26.8 Å². The molecule has 104 valence electrons. The first kappa shape index (κ1) is 13.3. The SMILES string of the molecule is COc1ccc(C(N)C2Cc3ccccc3O2)c(Cl)c1. The van der Waals surface area contributed by atoms with E-state index < -0.39 is 0 Å². The Morgan fingerprint density at radius 3 is 2.80 bits per heavy atom. The van der Waals surface area contributed by atoms with Crippen molar-refractivity contribution in [1.82, 2.24) is 0 Å². The Kier molecular flexibility index (Phi) is 3.55. The molecule has 3 rings (SSSR count). The molecule has 3 nitrogen and oxygen atoms in total. The monoisotopic (exact) mass is 289 g/mol. The van der Waals surface area contributed by atoms with Crippen molar-refractivity contribution in [1.29, 1.82) is 0 Å². The number of hydrogen-bond donors (Lipinski definition) is 1. The van der Waals surface area contributed by atoms with E-state index in [9.17, 15) is 0 Å². The van der Waals surface area contributed by atoms with E-state index in [1.54, 1.807) is 13.2 Å². The third-order valence-corrected chi connectivity index (χ3v) is 3.97. The van der Waals surface area contributed by atoms with Gasteiger partial charge in [0, 0.05) is 11.4 Å². The van der Waals surface area contributed by atoms with Crippen molar-refractivity contribution in [3.05, 3.63) is 58.6 Å². The molecule has 0 bridgehead atoms. The first-order chi connectivity index (χ1) is 9.69. The highest BCUT2D eigenvalue weighted by molar-refractivity contribution is 6.31. The number of benzene rings is 2. The van der Waals surface area contributed by atoms with E-state index in [1.807, 2.05) is 30.3 Å². The van der Waals surface area contributed by atoms with Gasteiger partial charge in [0.05, 0.1) is 13.2 Å². The van der Waals surface area contributed by atoms with Crippen LogP contribution in [0.15, 0.2) is 42.5 Å². The van der Waals surface area contributed by atoms with E-state index in [0.29, 0.717) is 5.02 Å². The highest BCUT2D eigenvalue weighted by atomic mass is 35.5. The van der Waals surface area contributed by atoms with Crippen LogP contribution in [0.4, 0.5) is 0 Å². The average Bonchev–Trinajstić information content (AvgIpc) is 2.90. The lowest BCUT2D eigenvalue weighted by Gasteiger charge is -2.20. The zero-order valence-corrected chi connectivity index (χ0v) is 11.9. The minimum Gasteiger partial charge on any atom is -0.497 e. The largest absolute Gasteiger partial charge is 0.497 e. The van der Waals surface area contributed by atoms with E-state index in [1.165, 1.54) is 5.56 Å². The molecule has 20 heavy (non-hydrogen) atoms. The van der Waals surface area contributed by atoms with Crippen molar-refractivity contribution < 1.29 is 9.47 Å². The van der Waals surface area contributed by atoms with Gasteiger partial charge in [-0.3, -0.25) is 0 Å². The molecule has 2 atom stereocenters. The predicted molar refractivity (Wildman–Crippen MR) is 79.5 cm³/mol. The van der Waals surface area contributed by atoms with Gasteiger partial charge in [-0.25, -0.2) is 0 Å². The van der Waals surface area contributed by atoms with Crippen LogP contribution in [0.1, 0.15) is 17.2 Å². The van der Waals surface area contributed by atoms with Crippen molar-refractivity contribution in [2.45, 2.75) is 18.6 Å². The number of ether oxygens (including phenoxy) is 2. The molecule has 1 aliphatic rings. The van der Waals surface area contributed by atoms with Crippen molar-refractivity contribution >= 4 is 11.6 Å². The molecule has 0 radical (unpaired) electrons. The van der Waals surface area contributed by atoms with E-state index in [0.717, 1.165) is 23.5 Å². The Labute approximate surface area is 123 Å². The third-order valence-electron chi connectivity index (χ3n) is 3.64. The number of para-hydroxylation sites is 1. The van der Waals surface area contributed by atoms with Crippen molar-refractivity contribution in [3.63, 3.8) is 0 Å². The quantitative estimate of drug-likeness (QED) is 0.942. The Balaban J connectivity index is 1.82. The second kappa shape index (κ2) is 5.35. The first-order valence-electron chi connectivity index (χ1n) is 6.52. The molecule has 2 aromatic carbocycles. The normalized spacial score (nSPS) is 18.2. The van der Waals surface area contributed by atoms with Crippen molar-refractivity contribution in [3.8, 4) is 11.5 Å². The average molecular weight is 290 g/mol. The van der Waals surface area contributed by atoms with Crippen LogP contribution in [0, 0.1) is 0 Å². The number of methoxy groups -OCH3 is 1. The van der Waals surface area contributed by atoms with Crippen LogP contribution in [0.25, 0.3) is 0 Å². The Morgan fingerprint density at radius 2 is 2.10 bits per heavy atom. The fourth-order valence-electron chi connectivity index (χ4n) is 2.51. The zero-order chi connectivity index (χ0) is 14.1. The number of fused-ring (bicyclic) bond motifs is 1. The van der Waals surface area contributed by atoms with Gasteiger partial charge >= 0.3 is 0 Å². The van der Waals surface area contributed by atoms with Gasteiger partial charge in [0.15, 0.2) is 0 Å². The van der Waals surface area contributed by atoms with Crippen LogP contribution in [0.2, 0.25) is 5.02 Å². The van der Waals surface area contributed by atoms with Crippen LogP contribution in [0.5, 0.6) is 11.5 Å². The van der Waals surface area contributed by atoms with Gasteiger partial charge in [0.1, 0.15) is 17.6 Å². The molecule has 0 amide bonds. The van der Waals surface area contributed by atoms with Gasteiger partial charge in [-0.05, 0) is 29.3 Å². The summed E-state index contributed by atoms with van der Waals surface area (Å²) in [7, 11) is 1.61. The van der Waals surface area contributed by atoms with Gasteiger partial charge in [0.25, 0.3) is 0 Å². The molecule has 0 spiro atoms. The summed E-state index contributed by atoms with van der Waals surface area (Å²) >= 11 is 6.28. The molecule has 2 aromatic rings. The maximum atomic E-state index is 6.32. The number of nitrogens with two attached hydrogens (primary N) is 1. The van der Waals surface area contributed by atoms with Crippen LogP contribution >= 0.6 is 11.6 Å². The molecule has 1 aliphatic heterocycles. The second-order valence-electron chi connectivity index (χ2n) is 4.88. The lowest BCUT2D eigenvalue weighted by Crippen LogP contribution is -2.30. The van der Waals surface area contributed by atoms with Crippen LogP contribution in [-0.2, 0) is 6.42 Å². The molecule has 0 fully saturated rings. The molecular weight excluding hydrogens is 274 g/mol. The highest BCUT2D eigenvalue weighted by Gasteiger charge is 2.29. The fraction of sp³-hybridized carbons (Fsp3) is 0.250. The van der Waals surface area contributed by atoms with Gasteiger partial charge < -0.3 is 15.2 Å². The van der Waals surface area contributed by atoms with Gasteiger partial charge in [-0.1, -0.05) is 35.9 Å². The highest BCUT2D eigenvalue weighted by Crippen LogP contribution is 2.35. The van der Waals surface area contributed by atoms with Crippen molar-refractivity contribution in [2.24, 2.45) is 5.73 Å². The minimum atomic E-state index is -0.263. The van der Waals surface area contributed by atoms with Crippen LogP contribution in [0.3, 0.4) is 0 Å². The van der Waals surface area contributed by atoms with Gasteiger partial charge in [-0.2, -0.15) is 0 Å². The molecule has 4 heteroatoms. The van der Waals surface area contributed by atoms with Crippen molar-refractivity contribution in [2.75, 3.05) is 7.11 Å². The predicted octanol–water partition coefficient (Wildman–Crippen LogP) is 3.35. The molecule has 2 unspecified atom stereocenters. The Morgan fingerprint density at radius 1 is 1.30 bits per heavy atom. The van der Waals surface area contributed by atoms with Crippen LogP contribution in [-0.4, -0.2) is 13.2 Å². The first-order valence-corrected chi connectivity index (χ1v) is 6.90. The summed E-state index contributed by atoms with van der Waals surface area (Å²) in [4.78, 5) is 0. The molecule has 1 heterocycles. The topological polar surface area (TPSA) is 44.5 Å². The third kappa shape index (κ3) is 2.35. The summed E-state index contributed by atoms with van der Waals surface area (Å²) in [6, 6.07) is 13.3. The maximum absolute atomic E-state index is 6.32. The van der Waals surface area contributed by atoms with E-state index in [2.05, 4.69) is 6.07 Å². The zero-order valence-electron chi connectivity index (χ0n) is 11.2. The maximum Gasteiger partial charge on any atom is 0.123 e. The molecule has 0 saturated carbocycles. The summed E-state index contributed by atoms with van der Waals surface area (Å²) < 4.78 is 11.1. The molecular formula is C16H16ClNO2. The minimum absolute atomic E-state index is 0.0849. The standard InChI is InChI=1S/C16H16ClNO2/c1-19-11-6-7-12(13(17)9-11)16(18)15-8-10-4-2-3-5-14(10)20-15/h2-7,9,15-16H,8,18H2,1H3. The smallest absolute Gasteiger partial charge is 0.123 e. The van der Waals surface area contributed by atoms with Gasteiger partial charge in [-0.15, -0.1) is 0 Å². The number of rotatable bonds is 3. The number of hydrogen-bond acceptors (Lipinski definition) is 3. The fourth-order valence-corrected chi connectivity index (χ4v) is 2.81. The Bertz CT molecular complexity index is 605. The Hall–Kier alpha value is -1.71.